The van der Waals surface area contributed by atoms with Gasteiger partial charge in [0.1, 0.15) is 0 Å². The molecule has 1 unspecified atom stereocenters. The Bertz CT molecular complexity index is 388. The highest BCUT2D eigenvalue weighted by Gasteiger charge is 2.31. The smallest absolute Gasteiger partial charge is 0.0364 e. The predicted molar refractivity (Wildman–Crippen MR) is 76.5 cm³/mol. The fraction of sp³-hybridized carbons (Fsp3) is 0.688. The zero-order valence-corrected chi connectivity index (χ0v) is 12.2. The average molecular weight is 246 g/mol. The van der Waals surface area contributed by atoms with E-state index in [0.717, 1.165) is 5.92 Å². The Balaban J connectivity index is 2.13. The maximum absolute atomic E-state index is 4.30. The summed E-state index contributed by atoms with van der Waals surface area (Å²) in [5.74, 6) is 0.755. The van der Waals surface area contributed by atoms with Gasteiger partial charge >= 0.3 is 0 Å². The zero-order chi connectivity index (χ0) is 13.2. The van der Waals surface area contributed by atoms with Gasteiger partial charge in [-0.2, -0.15) is 0 Å². The molecule has 1 atom stereocenters. The molecule has 0 aromatic carbocycles. The second-order valence-electron chi connectivity index (χ2n) is 6.50. The van der Waals surface area contributed by atoms with Gasteiger partial charge in [-0.25, -0.2) is 0 Å². The second-order valence-corrected chi connectivity index (χ2v) is 6.50. The van der Waals surface area contributed by atoms with Crippen LogP contribution in [0.25, 0.3) is 0 Å². The van der Waals surface area contributed by atoms with Crippen molar-refractivity contribution in [1.82, 2.24) is 10.3 Å². The number of hydrogen-bond acceptors (Lipinski definition) is 2. The first-order chi connectivity index (χ1) is 8.53. The maximum atomic E-state index is 4.30. The lowest BCUT2D eigenvalue weighted by Gasteiger charge is -2.38. The molecule has 1 saturated carbocycles. The summed E-state index contributed by atoms with van der Waals surface area (Å²) in [5, 5.41) is 3.52. The first-order valence-corrected chi connectivity index (χ1v) is 7.11. The third-order valence-corrected chi connectivity index (χ3v) is 4.58. The summed E-state index contributed by atoms with van der Waals surface area (Å²) in [4.78, 5) is 4.30. The molecule has 0 amide bonds. The van der Waals surface area contributed by atoms with Crippen molar-refractivity contribution in [2.24, 2.45) is 11.3 Å². The van der Waals surface area contributed by atoms with Crippen LogP contribution in [0.3, 0.4) is 0 Å². The van der Waals surface area contributed by atoms with Crippen molar-refractivity contribution in [2.45, 2.75) is 52.5 Å². The quantitative estimate of drug-likeness (QED) is 0.876. The van der Waals surface area contributed by atoms with E-state index in [1.165, 1.54) is 36.8 Å². The average Bonchev–Trinajstić information content (AvgIpc) is 2.34. The van der Waals surface area contributed by atoms with Gasteiger partial charge in [0.25, 0.3) is 0 Å². The number of aryl methyl sites for hydroxylation is 1. The fourth-order valence-electron chi connectivity index (χ4n) is 3.20. The third-order valence-electron chi connectivity index (χ3n) is 4.58. The molecule has 18 heavy (non-hydrogen) atoms. The first kappa shape index (κ1) is 13.5. The Morgan fingerprint density at radius 3 is 2.56 bits per heavy atom. The molecule has 1 aromatic heterocycles. The van der Waals surface area contributed by atoms with E-state index in [1.54, 1.807) is 0 Å². The molecule has 2 heteroatoms. The van der Waals surface area contributed by atoms with Gasteiger partial charge in [0.2, 0.25) is 0 Å². The van der Waals surface area contributed by atoms with Crippen LogP contribution in [0.4, 0.5) is 0 Å². The number of nitrogens with one attached hydrogen (secondary N) is 1. The molecule has 100 valence electrons. The second kappa shape index (κ2) is 5.40. The normalized spacial score (nSPS) is 21.8. The van der Waals surface area contributed by atoms with E-state index >= 15 is 0 Å². The van der Waals surface area contributed by atoms with E-state index < -0.39 is 0 Å². The minimum absolute atomic E-state index is 0.467. The number of pyridine rings is 1. The van der Waals surface area contributed by atoms with Crippen LogP contribution in [-0.2, 0) is 0 Å². The van der Waals surface area contributed by atoms with E-state index in [0.29, 0.717) is 11.5 Å². The van der Waals surface area contributed by atoms with Gasteiger partial charge in [-0.05, 0) is 68.2 Å². The molecule has 0 radical (unpaired) electrons. The molecule has 0 aliphatic heterocycles. The Hall–Kier alpha value is -0.890. The maximum Gasteiger partial charge on any atom is 0.0364 e. The molecule has 1 aliphatic rings. The molecule has 0 saturated heterocycles. The van der Waals surface area contributed by atoms with Crippen molar-refractivity contribution in [1.29, 1.82) is 0 Å². The van der Waals surface area contributed by atoms with Crippen LogP contribution in [-0.4, -0.2) is 12.0 Å². The summed E-state index contributed by atoms with van der Waals surface area (Å²) in [6.07, 6.45) is 9.26. The molecule has 1 fully saturated rings. The topological polar surface area (TPSA) is 24.9 Å². The van der Waals surface area contributed by atoms with E-state index in [2.05, 4.69) is 44.2 Å². The van der Waals surface area contributed by atoms with Crippen LogP contribution in [0.5, 0.6) is 0 Å². The van der Waals surface area contributed by atoms with Crippen molar-refractivity contribution >= 4 is 0 Å². The van der Waals surface area contributed by atoms with Gasteiger partial charge in [-0.1, -0.05) is 13.8 Å². The van der Waals surface area contributed by atoms with E-state index in [9.17, 15) is 0 Å². The molecule has 1 heterocycles. The number of rotatable bonds is 3. The molecule has 1 aliphatic carbocycles. The van der Waals surface area contributed by atoms with Crippen molar-refractivity contribution in [3.05, 3.63) is 29.6 Å². The number of nitrogens with zero attached hydrogens (tertiary/aromatic N) is 1. The summed E-state index contributed by atoms with van der Waals surface area (Å²) >= 11 is 0. The first-order valence-electron chi connectivity index (χ1n) is 7.11. The van der Waals surface area contributed by atoms with Crippen LogP contribution in [0.2, 0.25) is 0 Å². The zero-order valence-electron chi connectivity index (χ0n) is 12.2. The fourth-order valence-corrected chi connectivity index (χ4v) is 3.20. The highest BCUT2D eigenvalue weighted by molar-refractivity contribution is 5.25. The van der Waals surface area contributed by atoms with Gasteiger partial charge in [0.05, 0.1) is 0 Å². The van der Waals surface area contributed by atoms with Crippen molar-refractivity contribution in [3.63, 3.8) is 0 Å². The van der Waals surface area contributed by atoms with Crippen molar-refractivity contribution < 1.29 is 0 Å². The van der Waals surface area contributed by atoms with Gasteiger partial charge in [0.15, 0.2) is 0 Å². The van der Waals surface area contributed by atoms with Crippen LogP contribution >= 0.6 is 0 Å². The van der Waals surface area contributed by atoms with Crippen molar-refractivity contribution in [3.8, 4) is 0 Å². The van der Waals surface area contributed by atoms with Crippen molar-refractivity contribution in [2.75, 3.05) is 7.05 Å². The lowest BCUT2D eigenvalue weighted by molar-refractivity contribution is 0.164. The molecule has 0 bridgehead atoms. The molecule has 1 N–H and O–H groups in total. The highest BCUT2D eigenvalue weighted by Crippen LogP contribution is 2.42. The minimum Gasteiger partial charge on any atom is -0.313 e. The largest absolute Gasteiger partial charge is 0.313 e. The van der Waals surface area contributed by atoms with E-state index in [1.807, 2.05) is 12.4 Å². The van der Waals surface area contributed by atoms with Gasteiger partial charge in [0, 0.05) is 18.4 Å². The lowest BCUT2D eigenvalue weighted by atomic mass is 9.70. The molecular weight excluding hydrogens is 220 g/mol. The van der Waals surface area contributed by atoms with E-state index in [4.69, 9.17) is 0 Å². The Morgan fingerprint density at radius 1 is 1.33 bits per heavy atom. The van der Waals surface area contributed by atoms with Crippen LogP contribution in [0.15, 0.2) is 18.5 Å². The highest BCUT2D eigenvalue weighted by atomic mass is 14.9. The number of aromatic nitrogens is 1. The predicted octanol–water partition coefficient (Wildman–Crippen LogP) is 3.87. The monoisotopic (exact) mass is 246 g/mol. The molecular formula is C16H26N2. The van der Waals surface area contributed by atoms with Crippen LogP contribution in [0.1, 0.15) is 56.7 Å². The summed E-state index contributed by atoms with van der Waals surface area (Å²) in [6.45, 7) is 6.98. The Labute approximate surface area is 111 Å². The molecule has 0 spiro atoms. The number of hydrogen-bond donors (Lipinski definition) is 1. The standard InChI is InChI=1S/C16H26N2/c1-12-7-10-18-11-14(12)15(17-4)13-5-8-16(2,3)9-6-13/h7,10-11,13,15,17H,5-6,8-9H2,1-4H3. The van der Waals surface area contributed by atoms with E-state index in [-0.39, 0.29) is 0 Å². The lowest BCUT2D eigenvalue weighted by Crippen LogP contribution is -2.31. The summed E-state index contributed by atoms with van der Waals surface area (Å²) < 4.78 is 0. The third kappa shape index (κ3) is 2.92. The molecule has 2 rings (SSSR count). The SMILES string of the molecule is CNC(c1cnccc1C)C1CCC(C)(C)CC1. The summed E-state index contributed by atoms with van der Waals surface area (Å²) in [6, 6.07) is 2.58. The van der Waals surface area contributed by atoms with Crippen LogP contribution in [0, 0.1) is 18.3 Å². The summed E-state index contributed by atoms with van der Waals surface area (Å²) in [5.41, 5.74) is 3.28. The summed E-state index contributed by atoms with van der Waals surface area (Å²) in [7, 11) is 2.08. The van der Waals surface area contributed by atoms with Gasteiger partial charge in [-0.15, -0.1) is 0 Å². The Morgan fingerprint density at radius 2 is 2.00 bits per heavy atom. The minimum atomic E-state index is 0.467. The van der Waals surface area contributed by atoms with Crippen LogP contribution < -0.4 is 5.32 Å². The molecule has 2 nitrogen and oxygen atoms in total. The Kier molecular flexibility index (Phi) is 4.06. The van der Waals surface area contributed by atoms with Gasteiger partial charge < -0.3 is 5.32 Å². The molecule has 1 aromatic rings. The van der Waals surface area contributed by atoms with Gasteiger partial charge in [-0.3, -0.25) is 4.98 Å².